The molecule has 2 aromatic rings. The summed E-state index contributed by atoms with van der Waals surface area (Å²) in [4.78, 5) is 12.0. The van der Waals surface area contributed by atoms with E-state index in [1.54, 1.807) is 0 Å². The topological polar surface area (TPSA) is 33.0 Å². The second kappa shape index (κ2) is 7.58. The molecular formula is C18H23N2O+. The molecule has 0 radical (unpaired) electrons. The van der Waals surface area contributed by atoms with Crippen LogP contribution in [0.2, 0.25) is 0 Å². The first kappa shape index (κ1) is 15.2. The maximum Gasteiger partial charge on any atom is 0.224 e. The van der Waals surface area contributed by atoms with Gasteiger partial charge in [0, 0.05) is 30.7 Å². The van der Waals surface area contributed by atoms with Crippen molar-refractivity contribution >= 4 is 11.6 Å². The van der Waals surface area contributed by atoms with Crippen molar-refractivity contribution in [1.29, 1.82) is 0 Å². The molecule has 0 bridgehead atoms. The van der Waals surface area contributed by atoms with Gasteiger partial charge in [0.25, 0.3) is 0 Å². The van der Waals surface area contributed by atoms with Crippen LogP contribution in [0.4, 0.5) is 5.69 Å². The molecule has 1 amide bonds. The molecule has 0 aliphatic rings. The first-order valence-corrected chi connectivity index (χ1v) is 7.46. The number of nitrogens with one attached hydrogen (secondary N) is 1. The van der Waals surface area contributed by atoms with Gasteiger partial charge in [0.2, 0.25) is 5.91 Å². The largest absolute Gasteiger partial charge is 0.326 e. The van der Waals surface area contributed by atoms with E-state index in [1.165, 1.54) is 0 Å². The Balaban J connectivity index is 1.74. The lowest BCUT2D eigenvalue weighted by Crippen LogP contribution is -2.32. The Morgan fingerprint density at radius 3 is 2.62 bits per heavy atom. The Labute approximate surface area is 126 Å². The smallest absolute Gasteiger partial charge is 0.224 e. The van der Waals surface area contributed by atoms with Crippen LogP contribution >= 0.6 is 0 Å². The number of nitrogens with zero attached hydrogens (tertiary/aromatic N) is 1. The molecule has 0 unspecified atom stereocenters. The van der Waals surface area contributed by atoms with Crippen LogP contribution in [-0.2, 0) is 11.3 Å². The minimum absolute atomic E-state index is 0.0989. The van der Waals surface area contributed by atoms with Crippen LogP contribution in [0.25, 0.3) is 0 Å². The lowest BCUT2D eigenvalue weighted by atomic mass is 10.1. The lowest BCUT2D eigenvalue weighted by molar-refractivity contribution is -0.697. The summed E-state index contributed by atoms with van der Waals surface area (Å²) in [5.41, 5.74) is 3.20. The highest BCUT2D eigenvalue weighted by atomic mass is 16.1. The molecule has 3 heteroatoms. The van der Waals surface area contributed by atoms with Crippen LogP contribution in [0.1, 0.15) is 30.4 Å². The van der Waals surface area contributed by atoms with Gasteiger partial charge in [-0.05, 0) is 37.5 Å². The van der Waals surface area contributed by atoms with E-state index in [0.717, 1.165) is 36.2 Å². The normalized spacial score (nSPS) is 10.4. The SMILES string of the molecule is Cc1ccc(C)c(NC(=O)CCCC[n+]2ccccc2)c1. The number of unbranched alkanes of at least 4 members (excludes halogenated alkanes) is 1. The lowest BCUT2D eigenvalue weighted by Gasteiger charge is -2.09. The molecule has 1 heterocycles. The van der Waals surface area contributed by atoms with Crippen LogP contribution in [0.15, 0.2) is 48.8 Å². The number of aryl methyl sites for hydroxylation is 3. The summed E-state index contributed by atoms with van der Waals surface area (Å²) in [7, 11) is 0. The number of hydrogen-bond acceptors (Lipinski definition) is 1. The van der Waals surface area contributed by atoms with Crippen molar-refractivity contribution in [3.8, 4) is 0 Å². The zero-order valence-electron chi connectivity index (χ0n) is 12.8. The Morgan fingerprint density at radius 2 is 1.86 bits per heavy atom. The molecule has 0 saturated heterocycles. The molecule has 2 rings (SSSR count). The van der Waals surface area contributed by atoms with Gasteiger partial charge in [0.15, 0.2) is 12.4 Å². The molecular weight excluding hydrogens is 260 g/mol. The highest BCUT2D eigenvalue weighted by Gasteiger charge is 2.06. The molecule has 3 nitrogen and oxygen atoms in total. The molecule has 110 valence electrons. The summed E-state index contributed by atoms with van der Waals surface area (Å²) < 4.78 is 2.14. The number of benzene rings is 1. The van der Waals surface area contributed by atoms with Crippen molar-refractivity contribution in [3.05, 3.63) is 59.9 Å². The fraction of sp³-hybridized carbons (Fsp3) is 0.333. The van der Waals surface area contributed by atoms with E-state index >= 15 is 0 Å². The first-order valence-electron chi connectivity index (χ1n) is 7.46. The van der Waals surface area contributed by atoms with E-state index in [2.05, 4.69) is 28.3 Å². The second-order valence-corrected chi connectivity index (χ2v) is 5.44. The highest BCUT2D eigenvalue weighted by molar-refractivity contribution is 5.91. The third-order valence-electron chi connectivity index (χ3n) is 3.51. The van der Waals surface area contributed by atoms with E-state index in [4.69, 9.17) is 0 Å². The average Bonchev–Trinajstić information content (AvgIpc) is 2.48. The molecule has 1 N–H and O–H groups in total. The number of amides is 1. The van der Waals surface area contributed by atoms with E-state index < -0.39 is 0 Å². The van der Waals surface area contributed by atoms with Crippen molar-refractivity contribution in [2.45, 2.75) is 39.7 Å². The number of pyridine rings is 1. The highest BCUT2D eigenvalue weighted by Crippen LogP contribution is 2.16. The van der Waals surface area contributed by atoms with Gasteiger partial charge in [-0.3, -0.25) is 4.79 Å². The van der Waals surface area contributed by atoms with E-state index in [-0.39, 0.29) is 5.91 Å². The van der Waals surface area contributed by atoms with Crippen LogP contribution in [0.3, 0.4) is 0 Å². The van der Waals surface area contributed by atoms with Crippen molar-refractivity contribution in [2.75, 3.05) is 5.32 Å². The monoisotopic (exact) mass is 283 g/mol. The summed E-state index contributed by atoms with van der Waals surface area (Å²) in [6.07, 6.45) is 6.58. The number of anilines is 1. The summed E-state index contributed by atoms with van der Waals surface area (Å²) in [5.74, 6) is 0.0989. The van der Waals surface area contributed by atoms with Crippen LogP contribution in [0, 0.1) is 13.8 Å². The van der Waals surface area contributed by atoms with Crippen molar-refractivity contribution in [2.24, 2.45) is 0 Å². The van der Waals surface area contributed by atoms with Crippen LogP contribution < -0.4 is 9.88 Å². The predicted octanol–water partition coefficient (Wildman–Crippen LogP) is 3.40. The third-order valence-corrected chi connectivity index (χ3v) is 3.51. The van der Waals surface area contributed by atoms with Crippen molar-refractivity contribution in [1.82, 2.24) is 0 Å². The number of aromatic nitrogens is 1. The van der Waals surface area contributed by atoms with E-state index in [9.17, 15) is 4.79 Å². The van der Waals surface area contributed by atoms with Crippen LogP contribution in [0.5, 0.6) is 0 Å². The molecule has 0 atom stereocenters. The number of rotatable bonds is 6. The molecule has 1 aromatic carbocycles. The van der Waals surface area contributed by atoms with Gasteiger partial charge >= 0.3 is 0 Å². The Bertz CT molecular complexity index is 593. The van der Waals surface area contributed by atoms with Gasteiger partial charge in [-0.25, -0.2) is 4.57 Å². The average molecular weight is 283 g/mol. The number of carbonyl (C=O) groups excluding carboxylic acids is 1. The first-order chi connectivity index (χ1) is 10.1. The van der Waals surface area contributed by atoms with Crippen molar-refractivity contribution < 1.29 is 9.36 Å². The Hall–Kier alpha value is -2.16. The predicted molar refractivity (Wildman–Crippen MR) is 85.0 cm³/mol. The molecule has 0 saturated carbocycles. The molecule has 0 aliphatic carbocycles. The Kier molecular flexibility index (Phi) is 5.50. The molecule has 21 heavy (non-hydrogen) atoms. The fourth-order valence-corrected chi connectivity index (χ4v) is 2.25. The van der Waals surface area contributed by atoms with Crippen LogP contribution in [-0.4, -0.2) is 5.91 Å². The summed E-state index contributed by atoms with van der Waals surface area (Å²) >= 11 is 0. The standard InChI is InChI=1S/C18H22N2O/c1-15-9-10-16(2)17(14-15)19-18(21)8-4-7-13-20-11-5-3-6-12-20/h3,5-6,9-12,14H,4,7-8,13H2,1-2H3/p+1. The van der Waals surface area contributed by atoms with Gasteiger partial charge in [-0.2, -0.15) is 0 Å². The molecule has 0 spiro atoms. The minimum Gasteiger partial charge on any atom is -0.326 e. The zero-order chi connectivity index (χ0) is 15.1. The molecule has 0 fully saturated rings. The quantitative estimate of drug-likeness (QED) is 0.639. The van der Waals surface area contributed by atoms with Crippen molar-refractivity contribution in [3.63, 3.8) is 0 Å². The maximum absolute atomic E-state index is 12.0. The Morgan fingerprint density at radius 1 is 1.10 bits per heavy atom. The van der Waals surface area contributed by atoms with E-state index in [1.807, 2.05) is 44.2 Å². The third kappa shape index (κ3) is 5.03. The second-order valence-electron chi connectivity index (χ2n) is 5.44. The van der Waals surface area contributed by atoms with Gasteiger partial charge in [-0.1, -0.05) is 18.2 Å². The number of carbonyl (C=O) groups is 1. The summed E-state index contributed by atoms with van der Waals surface area (Å²) in [6, 6.07) is 12.2. The zero-order valence-corrected chi connectivity index (χ0v) is 12.8. The van der Waals surface area contributed by atoms with Gasteiger partial charge in [0.1, 0.15) is 6.54 Å². The minimum atomic E-state index is 0.0989. The summed E-state index contributed by atoms with van der Waals surface area (Å²) in [5, 5.41) is 3.00. The van der Waals surface area contributed by atoms with Gasteiger partial charge < -0.3 is 5.32 Å². The number of hydrogen-bond donors (Lipinski definition) is 1. The van der Waals surface area contributed by atoms with Gasteiger partial charge in [0.05, 0.1) is 0 Å². The fourth-order valence-electron chi connectivity index (χ4n) is 2.25. The summed E-state index contributed by atoms with van der Waals surface area (Å²) in [6.45, 7) is 5.00. The van der Waals surface area contributed by atoms with E-state index in [0.29, 0.717) is 6.42 Å². The molecule has 0 aliphatic heterocycles. The van der Waals surface area contributed by atoms with Gasteiger partial charge in [-0.15, -0.1) is 0 Å². The maximum atomic E-state index is 12.0. The molecule has 1 aromatic heterocycles.